The van der Waals surface area contributed by atoms with Crippen molar-refractivity contribution in [1.82, 2.24) is 4.98 Å². The summed E-state index contributed by atoms with van der Waals surface area (Å²) in [4.78, 5) is 14.7. The molecule has 0 aliphatic carbocycles. The van der Waals surface area contributed by atoms with E-state index in [4.69, 9.17) is 5.11 Å². The number of aromatic carboxylic acids is 1. The van der Waals surface area contributed by atoms with Crippen molar-refractivity contribution in [2.24, 2.45) is 0 Å². The fourth-order valence-electron chi connectivity index (χ4n) is 1.02. The number of hydrogen-bond donors (Lipinski definition) is 2. The molecule has 0 bridgehead atoms. The van der Waals surface area contributed by atoms with Crippen LogP contribution in [0.4, 0.5) is 5.82 Å². The van der Waals surface area contributed by atoms with Gasteiger partial charge in [-0.05, 0) is 26.0 Å². The van der Waals surface area contributed by atoms with Crippen molar-refractivity contribution in [3.8, 4) is 0 Å². The first kappa shape index (κ1) is 11.2. The third-order valence-corrected chi connectivity index (χ3v) is 1.80. The van der Waals surface area contributed by atoms with E-state index in [1.165, 1.54) is 23.9 Å². The van der Waals surface area contributed by atoms with E-state index in [0.29, 0.717) is 12.4 Å². The van der Waals surface area contributed by atoms with Crippen LogP contribution in [-0.4, -0.2) is 22.6 Å². The van der Waals surface area contributed by atoms with E-state index in [2.05, 4.69) is 10.3 Å². The van der Waals surface area contributed by atoms with Crippen molar-refractivity contribution in [2.45, 2.75) is 13.8 Å². The highest BCUT2D eigenvalue weighted by Gasteiger charge is 2.02. The molecule has 2 N–H and O–H groups in total. The highest BCUT2D eigenvalue weighted by molar-refractivity contribution is 5.88. The number of nitrogens with one attached hydrogen (secondary N) is 1. The van der Waals surface area contributed by atoms with E-state index in [0.717, 1.165) is 0 Å². The summed E-state index contributed by atoms with van der Waals surface area (Å²) >= 11 is 0. The molecule has 0 aromatic carbocycles. The molecule has 0 radical (unpaired) electrons. The second-order valence-corrected chi connectivity index (χ2v) is 3.40. The first-order chi connectivity index (χ1) is 7.09. The zero-order valence-electron chi connectivity index (χ0n) is 8.82. The molecule has 0 amide bonds. The maximum Gasteiger partial charge on any atom is 0.335 e. The zero-order valence-corrected chi connectivity index (χ0v) is 8.82. The number of hydrogen-bond acceptors (Lipinski definition) is 3. The molecule has 0 aliphatic rings. The number of carbonyl (C=O) groups is 1. The van der Waals surface area contributed by atoms with Crippen LogP contribution in [0.15, 0.2) is 30.0 Å². The van der Waals surface area contributed by atoms with Gasteiger partial charge in [-0.1, -0.05) is 11.6 Å². The number of carboxylic acids is 1. The Labute approximate surface area is 88.7 Å². The molecule has 1 aromatic heterocycles. The molecular formula is C11H14N2O2. The Balaban J connectivity index is 2.66. The maximum atomic E-state index is 10.7. The van der Waals surface area contributed by atoms with E-state index >= 15 is 0 Å². The maximum absolute atomic E-state index is 10.7. The fourth-order valence-corrected chi connectivity index (χ4v) is 1.02. The zero-order chi connectivity index (χ0) is 11.3. The molecule has 0 saturated carbocycles. The van der Waals surface area contributed by atoms with E-state index in [1.807, 2.05) is 19.9 Å². The molecule has 4 nitrogen and oxygen atoms in total. The molecule has 1 heterocycles. The number of aromatic nitrogens is 1. The number of carboxylic acid groups (broad SMARTS) is 1. The average Bonchev–Trinajstić information content (AvgIpc) is 2.17. The third kappa shape index (κ3) is 3.81. The summed E-state index contributed by atoms with van der Waals surface area (Å²) in [7, 11) is 0. The highest BCUT2D eigenvalue weighted by Crippen LogP contribution is 2.06. The average molecular weight is 206 g/mol. The predicted molar refractivity (Wildman–Crippen MR) is 59.1 cm³/mol. The Morgan fingerprint density at radius 1 is 1.60 bits per heavy atom. The van der Waals surface area contributed by atoms with Gasteiger partial charge in [-0.3, -0.25) is 0 Å². The van der Waals surface area contributed by atoms with Crippen LogP contribution in [0.2, 0.25) is 0 Å². The minimum atomic E-state index is -0.942. The standard InChI is InChI=1S/C11H14N2O2/c1-8(2)3-5-12-10-7-9(11(14)15)4-6-13-10/h3-4,6-7H,5H2,1-2H3,(H,12,13)(H,14,15). The molecule has 1 rings (SSSR count). The van der Waals surface area contributed by atoms with E-state index in [1.54, 1.807) is 0 Å². The van der Waals surface area contributed by atoms with Crippen molar-refractivity contribution in [1.29, 1.82) is 0 Å². The normalized spacial score (nSPS) is 9.47. The monoisotopic (exact) mass is 206 g/mol. The van der Waals surface area contributed by atoms with Crippen molar-refractivity contribution in [2.75, 3.05) is 11.9 Å². The Morgan fingerprint density at radius 2 is 2.33 bits per heavy atom. The molecule has 4 heteroatoms. The summed E-state index contributed by atoms with van der Waals surface area (Å²) in [6, 6.07) is 2.98. The smallest absolute Gasteiger partial charge is 0.335 e. The van der Waals surface area contributed by atoms with Crippen LogP contribution in [0.3, 0.4) is 0 Å². The van der Waals surface area contributed by atoms with Crippen molar-refractivity contribution < 1.29 is 9.90 Å². The SMILES string of the molecule is CC(C)=CCNc1cc(C(=O)O)ccn1. The van der Waals surface area contributed by atoms with Gasteiger partial charge in [0.1, 0.15) is 5.82 Å². The van der Waals surface area contributed by atoms with Crippen LogP contribution in [-0.2, 0) is 0 Å². The van der Waals surface area contributed by atoms with Gasteiger partial charge in [0.2, 0.25) is 0 Å². The number of pyridine rings is 1. The molecule has 0 aliphatic heterocycles. The number of allylic oxidation sites excluding steroid dienone is 1. The quantitative estimate of drug-likeness (QED) is 0.741. The minimum Gasteiger partial charge on any atom is -0.478 e. The van der Waals surface area contributed by atoms with Crippen LogP contribution in [0.25, 0.3) is 0 Å². The second kappa shape index (κ2) is 5.14. The molecule has 0 fully saturated rings. The minimum absolute atomic E-state index is 0.240. The van der Waals surface area contributed by atoms with E-state index < -0.39 is 5.97 Å². The summed E-state index contributed by atoms with van der Waals surface area (Å²) in [5.74, 6) is -0.366. The Morgan fingerprint density at radius 3 is 2.93 bits per heavy atom. The van der Waals surface area contributed by atoms with Gasteiger partial charge in [0.15, 0.2) is 0 Å². The summed E-state index contributed by atoms with van der Waals surface area (Å²) in [5.41, 5.74) is 1.45. The van der Waals surface area contributed by atoms with Gasteiger partial charge >= 0.3 is 5.97 Å². The molecule has 0 unspecified atom stereocenters. The Bertz CT molecular complexity index is 382. The fraction of sp³-hybridized carbons (Fsp3) is 0.273. The Kier molecular flexibility index (Phi) is 3.85. The van der Waals surface area contributed by atoms with Gasteiger partial charge in [0, 0.05) is 12.7 Å². The number of nitrogens with zero attached hydrogens (tertiary/aromatic N) is 1. The van der Waals surface area contributed by atoms with E-state index in [-0.39, 0.29) is 5.56 Å². The van der Waals surface area contributed by atoms with Gasteiger partial charge in [0.05, 0.1) is 5.56 Å². The molecular weight excluding hydrogens is 192 g/mol. The lowest BCUT2D eigenvalue weighted by molar-refractivity contribution is 0.0697. The van der Waals surface area contributed by atoms with Crippen molar-refractivity contribution >= 4 is 11.8 Å². The summed E-state index contributed by atoms with van der Waals surface area (Å²) in [5, 5.41) is 11.8. The lowest BCUT2D eigenvalue weighted by atomic mass is 10.2. The van der Waals surface area contributed by atoms with Crippen LogP contribution in [0, 0.1) is 0 Å². The molecule has 15 heavy (non-hydrogen) atoms. The van der Waals surface area contributed by atoms with Crippen molar-refractivity contribution in [3.05, 3.63) is 35.5 Å². The highest BCUT2D eigenvalue weighted by atomic mass is 16.4. The lowest BCUT2D eigenvalue weighted by Gasteiger charge is -2.03. The summed E-state index contributed by atoms with van der Waals surface area (Å²) < 4.78 is 0. The first-order valence-corrected chi connectivity index (χ1v) is 4.66. The van der Waals surface area contributed by atoms with Crippen LogP contribution >= 0.6 is 0 Å². The van der Waals surface area contributed by atoms with Crippen LogP contribution < -0.4 is 5.32 Å². The largest absolute Gasteiger partial charge is 0.478 e. The second-order valence-electron chi connectivity index (χ2n) is 3.40. The lowest BCUT2D eigenvalue weighted by Crippen LogP contribution is -2.03. The van der Waals surface area contributed by atoms with Crippen LogP contribution in [0.1, 0.15) is 24.2 Å². The molecule has 80 valence electrons. The molecule has 0 spiro atoms. The topological polar surface area (TPSA) is 62.2 Å². The van der Waals surface area contributed by atoms with Gasteiger partial charge in [0.25, 0.3) is 0 Å². The first-order valence-electron chi connectivity index (χ1n) is 4.66. The third-order valence-electron chi connectivity index (χ3n) is 1.80. The number of anilines is 1. The predicted octanol–water partition coefficient (Wildman–Crippen LogP) is 2.16. The molecule has 1 aromatic rings. The van der Waals surface area contributed by atoms with Gasteiger partial charge in [-0.2, -0.15) is 0 Å². The van der Waals surface area contributed by atoms with Gasteiger partial charge < -0.3 is 10.4 Å². The summed E-state index contributed by atoms with van der Waals surface area (Å²) in [6.07, 6.45) is 3.49. The number of rotatable bonds is 4. The molecule has 0 saturated heterocycles. The molecule has 0 atom stereocenters. The van der Waals surface area contributed by atoms with Crippen LogP contribution in [0.5, 0.6) is 0 Å². The van der Waals surface area contributed by atoms with Gasteiger partial charge in [-0.25, -0.2) is 9.78 Å². The van der Waals surface area contributed by atoms with Crippen molar-refractivity contribution in [3.63, 3.8) is 0 Å². The summed E-state index contributed by atoms with van der Waals surface area (Å²) in [6.45, 7) is 4.66. The van der Waals surface area contributed by atoms with E-state index in [9.17, 15) is 4.79 Å². The Hall–Kier alpha value is -1.84. The van der Waals surface area contributed by atoms with Gasteiger partial charge in [-0.15, -0.1) is 0 Å².